The molecule has 0 saturated heterocycles. The van der Waals surface area contributed by atoms with E-state index >= 15 is 0 Å². The lowest BCUT2D eigenvalue weighted by atomic mass is 9.90. The maximum Gasteiger partial charge on any atom is 0.319 e. The second-order valence-corrected chi connectivity index (χ2v) is 7.65. The van der Waals surface area contributed by atoms with Gasteiger partial charge in [-0.1, -0.05) is 54.1 Å². The van der Waals surface area contributed by atoms with E-state index in [0.29, 0.717) is 28.8 Å². The predicted octanol–water partition coefficient (Wildman–Crippen LogP) is 5.79. The molecule has 1 heterocycles. The monoisotopic (exact) mass is 449 g/mol. The summed E-state index contributed by atoms with van der Waals surface area (Å²) in [4.78, 5) is 16.0. The molecular weight excluding hydrogens is 426 g/mol. The van der Waals surface area contributed by atoms with Crippen molar-refractivity contribution in [1.82, 2.24) is 10.3 Å². The van der Waals surface area contributed by atoms with E-state index in [0.717, 1.165) is 22.0 Å². The Morgan fingerprint density at radius 1 is 0.969 bits per heavy atom. The fraction of sp³-hybridized carbons (Fsp3) is 0.160. The van der Waals surface area contributed by atoms with Crippen LogP contribution in [-0.4, -0.2) is 31.8 Å². The number of ether oxygens (including phenoxy) is 2. The minimum absolute atomic E-state index is 0.187. The van der Waals surface area contributed by atoms with Crippen LogP contribution in [0.5, 0.6) is 11.5 Å². The number of benzene rings is 3. The smallest absolute Gasteiger partial charge is 0.319 e. The van der Waals surface area contributed by atoms with Gasteiger partial charge >= 0.3 is 6.03 Å². The quantitative estimate of drug-likeness (QED) is 0.334. The van der Waals surface area contributed by atoms with Crippen molar-refractivity contribution in [1.29, 1.82) is 0 Å². The molecular formula is C25H24ClN3O3. The van der Waals surface area contributed by atoms with Gasteiger partial charge in [-0.05, 0) is 29.8 Å². The number of rotatable bonds is 7. The summed E-state index contributed by atoms with van der Waals surface area (Å²) >= 11 is 6.17. The van der Waals surface area contributed by atoms with Crippen LogP contribution >= 0.6 is 11.6 Å². The molecule has 0 spiro atoms. The third-order valence-corrected chi connectivity index (χ3v) is 5.72. The maximum absolute atomic E-state index is 12.7. The fourth-order valence-corrected chi connectivity index (χ4v) is 4.06. The van der Waals surface area contributed by atoms with Crippen LogP contribution in [0.1, 0.15) is 17.0 Å². The lowest BCUT2D eigenvalue weighted by Gasteiger charge is -2.22. The first-order chi connectivity index (χ1) is 15.6. The number of para-hydroxylation sites is 3. The van der Waals surface area contributed by atoms with Gasteiger partial charge in [0.15, 0.2) is 11.5 Å². The molecule has 0 aliphatic carbocycles. The van der Waals surface area contributed by atoms with Gasteiger partial charge in [0.2, 0.25) is 0 Å². The first-order valence-electron chi connectivity index (χ1n) is 10.2. The molecule has 0 saturated carbocycles. The average Bonchev–Trinajstić information content (AvgIpc) is 3.24. The largest absolute Gasteiger partial charge is 0.493 e. The van der Waals surface area contributed by atoms with Crippen LogP contribution in [0.15, 0.2) is 72.9 Å². The summed E-state index contributed by atoms with van der Waals surface area (Å²) in [6.45, 7) is 0.335. The van der Waals surface area contributed by atoms with Gasteiger partial charge in [0.1, 0.15) is 0 Å². The molecule has 1 unspecified atom stereocenters. The molecule has 0 bridgehead atoms. The molecule has 6 nitrogen and oxygen atoms in total. The molecule has 1 atom stereocenters. The van der Waals surface area contributed by atoms with Gasteiger partial charge in [-0.3, -0.25) is 0 Å². The Morgan fingerprint density at radius 2 is 1.75 bits per heavy atom. The van der Waals surface area contributed by atoms with E-state index in [-0.39, 0.29) is 11.9 Å². The summed E-state index contributed by atoms with van der Waals surface area (Å²) in [5.41, 5.74) is 3.53. The van der Waals surface area contributed by atoms with Gasteiger partial charge in [-0.15, -0.1) is 0 Å². The van der Waals surface area contributed by atoms with E-state index in [2.05, 4.69) is 21.7 Å². The standard InChI is InChI=1S/C25H24ClN3O3/c1-31-23-13-7-9-17(24(23)32-2)19(18-14-27-21-11-5-3-8-16(18)21)15-28-25(30)29-22-12-6-4-10-20(22)26/h3-14,19,27H,15H2,1-2H3,(H2,28,29,30). The third kappa shape index (κ3) is 4.36. The van der Waals surface area contributed by atoms with Gasteiger partial charge < -0.3 is 25.1 Å². The first-order valence-corrected chi connectivity index (χ1v) is 10.6. The van der Waals surface area contributed by atoms with Crippen molar-refractivity contribution in [2.75, 3.05) is 26.1 Å². The topological polar surface area (TPSA) is 75.4 Å². The summed E-state index contributed by atoms with van der Waals surface area (Å²) in [6.07, 6.45) is 1.97. The number of hydrogen-bond acceptors (Lipinski definition) is 3. The van der Waals surface area contributed by atoms with Gasteiger partial charge in [0.05, 0.1) is 24.9 Å². The number of H-pyrrole nitrogens is 1. The summed E-state index contributed by atoms with van der Waals surface area (Å²) < 4.78 is 11.2. The highest BCUT2D eigenvalue weighted by Gasteiger charge is 2.24. The molecule has 164 valence electrons. The highest BCUT2D eigenvalue weighted by atomic mass is 35.5. The number of hydrogen-bond donors (Lipinski definition) is 3. The van der Waals surface area contributed by atoms with Crippen molar-refractivity contribution in [3.63, 3.8) is 0 Å². The van der Waals surface area contributed by atoms with Crippen molar-refractivity contribution in [2.45, 2.75) is 5.92 Å². The van der Waals surface area contributed by atoms with Crippen molar-refractivity contribution in [3.8, 4) is 11.5 Å². The Bertz CT molecular complexity index is 1240. The Morgan fingerprint density at radius 3 is 2.53 bits per heavy atom. The Balaban J connectivity index is 1.67. The molecule has 0 radical (unpaired) electrons. The van der Waals surface area contributed by atoms with Crippen LogP contribution in [0, 0.1) is 0 Å². The summed E-state index contributed by atoms with van der Waals surface area (Å²) in [6, 6.07) is 20.6. The summed E-state index contributed by atoms with van der Waals surface area (Å²) in [5, 5.41) is 7.34. The number of nitrogens with one attached hydrogen (secondary N) is 3. The Kier molecular flexibility index (Phi) is 6.52. The number of halogens is 1. The fourth-order valence-electron chi connectivity index (χ4n) is 3.88. The molecule has 0 aliphatic rings. The van der Waals surface area contributed by atoms with Crippen LogP contribution in [0.2, 0.25) is 5.02 Å². The second kappa shape index (κ2) is 9.66. The van der Waals surface area contributed by atoms with Gasteiger partial charge in [-0.25, -0.2) is 4.79 Å². The Hall–Kier alpha value is -3.64. The highest BCUT2D eigenvalue weighted by Crippen LogP contribution is 2.40. The molecule has 32 heavy (non-hydrogen) atoms. The van der Waals surface area contributed by atoms with Crippen molar-refractivity contribution in [2.24, 2.45) is 0 Å². The van der Waals surface area contributed by atoms with E-state index in [1.807, 2.05) is 54.7 Å². The van der Waals surface area contributed by atoms with Gasteiger partial charge in [0, 0.05) is 35.1 Å². The number of aromatic amines is 1. The number of aromatic nitrogens is 1. The van der Waals surface area contributed by atoms with Crippen LogP contribution in [0.4, 0.5) is 10.5 Å². The summed E-state index contributed by atoms with van der Waals surface area (Å²) in [7, 11) is 3.23. The zero-order valence-electron chi connectivity index (χ0n) is 17.8. The normalized spacial score (nSPS) is 11.7. The van der Waals surface area contributed by atoms with Crippen molar-refractivity contribution in [3.05, 3.63) is 89.1 Å². The minimum atomic E-state index is -0.343. The molecule has 4 aromatic rings. The molecule has 7 heteroatoms. The zero-order chi connectivity index (χ0) is 22.5. The molecule has 3 aromatic carbocycles. The number of amides is 2. The lowest BCUT2D eigenvalue weighted by Crippen LogP contribution is -2.33. The lowest BCUT2D eigenvalue weighted by molar-refractivity contribution is 0.251. The van der Waals surface area contributed by atoms with Crippen molar-refractivity contribution >= 4 is 34.2 Å². The number of urea groups is 1. The van der Waals surface area contributed by atoms with Crippen LogP contribution < -0.4 is 20.1 Å². The van der Waals surface area contributed by atoms with E-state index in [1.165, 1.54) is 0 Å². The average molecular weight is 450 g/mol. The molecule has 0 fully saturated rings. The molecule has 2 amide bonds. The Labute approximate surface area is 191 Å². The number of carbonyl (C=O) groups is 1. The molecule has 0 aliphatic heterocycles. The SMILES string of the molecule is COc1cccc(C(CNC(=O)Nc2ccccc2Cl)c2c[nH]c3ccccc23)c1OC. The third-order valence-electron chi connectivity index (χ3n) is 5.39. The molecule has 3 N–H and O–H groups in total. The van der Waals surface area contributed by atoms with E-state index in [1.54, 1.807) is 26.4 Å². The second-order valence-electron chi connectivity index (χ2n) is 7.24. The molecule has 1 aromatic heterocycles. The van der Waals surface area contributed by atoms with Crippen LogP contribution in [0.3, 0.4) is 0 Å². The predicted molar refractivity (Wildman–Crippen MR) is 128 cm³/mol. The van der Waals surface area contributed by atoms with Crippen molar-refractivity contribution < 1.29 is 14.3 Å². The van der Waals surface area contributed by atoms with Crippen LogP contribution in [0.25, 0.3) is 10.9 Å². The van der Waals surface area contributed by atoms with E-state index < -0.39 is 0 Å². The maximum atomic E-state index is 12.7. The van der Waals surface area contributed by atoms with E-state index in [9.17, 15) is 4.79 Å². The van der Waals surface area contributed by atoms with Gasteiger partial charge in [-0.2, -0.15) is 0 Å². The summed E-state index contributed by atoms with van der Waals surface area (Å²) in [5.74, 6) is 1.09. The minimum Gasteiger partial charge on any atom is -0.493 e. The number of carbonyl (C=O) groups excluding carboxylic acids is 1. The van der Waals surface area contributed by atoms with Gasteiger partial charge in [0.25, 0.3) is 0 Å². The zero-order valence-corrected chi connectivity index (χ0v) is 18.6. The highest BCUT2D eigenvalue weighted by molar-refractivity contribution is 6.33. The van der Waals surface area contributed by atoms with E-state index in [4.69, 9.17) is 21.1 Å². The molecule has 4 rings (SSSR count). The number of fused-ring (bicyclic) bond motifs is 1. The van der Waals surface area contributed by atoms with Crippen LogP contribution in [-0.2, 0) is 0 Å². The number of methoxy groups -OCH3 is 2. The first kappa shape index (κ1) is 21.6. The number of anilines is 1.